The number of halogens is 5. The van der Waals surface area contributed by atoms with Crippen LogP contribution in [0.25, 0.3) is 11.0 Å². The molecule has 146 valence electrons. The number of hydrogen-bond acceptors (Lipinski definition) is 6. The second-order valence-corrected chi connectivity index (χ2v) is 7.00. The zero-order chi connectivity index (χ0) is 20.6. The van der Waals surface area contributed by atoms with E-state index < -0.39 is 28.4 Å². The molecule has 0 spiro atoms. The molecule has 1 atom stereocenters. The standard InChI is InChI=1S/C16H10BrClF3N5O2/c1-7(8-2-9(16(19,20)21)4-10(3-8)26(27)28)24-14-11-5-12(17)13(18)25-15(11)23-6-22-14/h2-7H,1H3,(H,22,23,24,25)/t7-/m1/s1. The molecular formula is C16H10BrClF3N5O2. The largest absolute Gasteiger partial charge is 0.416 e. The van der Waals surface area contributed by atoms with E-state index in [9.17, 15) is 23.3 Å². The summed E-state index contributed by atoms with van der Waals surface area (Å²) in [4.78, 5) is 22.3. The third-order valence-electron chi connectivity index (χ3n) is 3.87. The zero-order valence-electron chi connectivity index (χ0n) is 14.0. The molecule has 0 aliphatic rings. The highest BCUT2D eigenvalue weighted by Gasteiger charge is 2.33. The van der Waals surface area contributed by atoms with Gasteiger partial charge in [0, 0.05) is 12.1 Å². The Kier molecular flexibility index (Phi) is 5.39. The molecule has 1 N–H and O–H groups in total. The lowest BCUT2D eigenvalue weighted by molar-refractivity contribution is -0.385. The van der Waals surface area contributed by atoms with Gasteiger partial charge in [0.1, 0.15) is 17.3 Å². The van der Waals surface area contributed by atoms with Crippen molar-refractivity contribution in [1.82, 2.24) is 15.0 Å². The molecule has 0 saturated carbocycles. The van der Waals surface area contributed by atoms with Gasteiger partial charge in [0.2, 0.25) is 0 Å². The summed E-state index contributed by atoms with van der Waals surface area (Å²) in [6.45, 7) is 1.56. The molecule has 0 aliphatic heterocycles. The maximum absolute atomic E-state index is 13.1. The number of nitrogens with one attached hydrogen (secondary N) is 1. The monoisotopic (exact) mass is 475 g/mol. The van der Waals surface area contributed by atoms with Crippen LogP contribution in [0, 0.1) is 10.1 Å². The molecule has 2 heterocycles. The van der Waals surface area contributed by atoms with Gasteiger partial charge in [-0.15, -0.1) is 0 Å². The van der Waals surface area contributed by atoms with Gasteiger partial charge in [-0.3, -0.25) is 10.1 Å². The molecule has 0 aliphatic carbocycles. The maximum atomic E-state index is 13.1. The van der Waals surface area contributed by atoms with Crippen LogP contribution in [-0.2, 0) is 6.18 Å². The van der Waals surface area contributed by atoms with E-state index in [4.69, 9.17) is 11.6 Å². The van der Waals surface area contributed by atoms with Crippen LogP contribution in [0.3, 0.4) is 0 Å². The molecular weight excluding hydrogens is 467 g/mol. The van der Waals surface area contributed by atoms with Gasteiger partial charge in [0.05, 0.1) is 26.4 Å². The highest BCUT2D eigenvalue weighted by Crippen LogP contribution is 2.35. The fraction of sp³-hybridized carbons (Fsp3) is 0.188. The van der Waals surface area contributed by atoms with Crippen molar-refractivity contribution in [3.63, 3.8) is 0 Å². The van der Waals surface area contributed by atoms with Gasteiger partial charge in [-0.25, -0.2) is 15.0 Å². The third-order valence-corrected chi connectivity index (χ3v) is 4.99. The van der Waals surface area contributed by atoms with Crippen molar-refractivity contribution in [3.05, 3.63) is 61.5 Å². The minimum Gasteiger partial charge on any atom is -0.363 e. The molecule has 0 unspecified atom stereocenters. The Morgan fingerprint density at radius 3 is 2.61 bits per heavy atom. The minimum absolute atomic E-state index is 0.0780. The van der Waals surface area contributed by atoms with Gasteiger partial charge in [0.15, 0.2) is 5.65 Å². The minimum atomic E-state index is -4.71. The van der Waals surface area contributed by atoms with Crippen molar-refractivity contribution in [2.24, 2.45) is 0 Å². The molecule has 3 aromatic rings. The zero-order valence-corrected chi connectivity index (χ0v) is 16.3. The van der Waals surface area contributed by atoms with Crippen LogP contribution >= 0.6 is 27.5 Å². The van der Waals surface area contributed by atoms with Gasteiger partial charge in [-0.05, 0) is 40.5 Å². The van der Waals surface area contributed by atoms with E-state index in [1.807, 2.05) is 0 Å². The van der Waals surface area contributed by atoms with Crippen LogP contribution in [-0.4, -0.2) is 19.9 Å². The fourth-order valence-corrected chi connectivity index (χ4v) is 2.95. The number of benzene rings is 1. The first kappa shape index (κ1) is 20.2. The number of fused-ring (bicyclic) bond motifs is 1. The van der Waals surface area contributed by atoms with E-state index in [2.05, 4.69) is 36.2 Å². The first-order chi connectivity index (χ1) is 13.1. The van der Waals surface area contributed by atoms with Gasteiger partial charge in [-0.2, -0.15) is 13.2 Å². The van der Waals surface area contributed by atoms with Crippen LogP contribution in [0.5, 0.6) is 0 Å². The molecule has 0 fully saturated rings. The summed E-state index contributed by atoms with van der Waals surface area (Å²) in [7, 11) is 0. The lowest BCUT2D eigenvalue weighted by atomic mass is 10.0. The van der Waals surface area contributed by atoms with E-state index in [1.165, 1.54) is 6.33 Å². The molecule has 2 aromatic heterocycles. The molecule has 0 radical (unpaired) electrons. The van der Waals surface area contributed by atoms with E-state index in [0.717, 1.165) is 12.1 Å². The SMILES string of the molecule is C[C@@H](Nc1ncnc2nc(Cl)c(Br)cc12)c1cc([N+](=O)[O-])cc(C(F)(F)F)c1. The highest BCUT2D eigenvalue weighted by atomic mass is 79.9. The number of pyridine rings is 1. The van der Waals surface area contributed by atoms with Crippen molar-refractivity contribution in [2.75, 3.05) is 5.32 Å². The van der Waals surface area contributed by atoms with Crippen LogP contribution < -0.4 is 5.32 Å². The Hall–Kier alpha value is -2.53. The number of alkyl halides is 3. The summed E-state index contributed by atoms with van der Waals surface area (Å²) in [5.41, 5.74) is -1.39. The van der Waals surface area contributed by atoms with Crippen molar-refractivity contribution in [1.29, 1.82) is 0 Å². The third kappa shape index (κ3) is 4.14. The number of nitrogens with zero attached hydrogens (tertiary/aromatic N) is 4. The number of hydrogen-bond donors (Lipinski definition) is 1. The Morgan fingerprint density at radius 1 is 1.25 bits per heavy atom. The Morgan fingerprint density at radius 2 is 1.96 bits per heavy atom. The summed E-state index contributed by atoms with van der Waals surface area (Å²) in [6.07, 6.45) is -3.49. The van der Waals surface area contributed by atoms with E-state index >= 15 is 0 Å². The number of non-ortho nitro benzene ring substituents is 1. The number of nitro benzene ring substituents is 1. The molecule has 3 rings (SSSR count). The number of rotatable bonds is 4. The molecule has 0 saturated heterocycles. The van der Waals surface area contributed by atoms with Crippen molar-refractivity contribution in [3.8, 4) is 0 Å². The highest BCUT2D eigenvalue weighted by molar-refractivity contribution is 9.10. The molecule has 7 nitrogen and oxygen atoms in total. The summed E-state index contributed by atoms with van der Waals surface area (Å²) in [6, 6.07) is 3.34. The molecule has 12 heteroatoms. The molecule has 1 aromatic carbocycles. The Bertz CT molecular complexity index is 1080. The van der Waals surface area contributed by atoms with Gasteiger partial charge >= 0.3 is 6.18 Å². The second-order valence-electron chi connectivity index (χ2n) is 5.79. The van der Waals surface area contributed by atoms with Crippen LogP contribution in [0.15, 0.2) is 35.1 Å². The molecule has 0 amide bonds. The number of aromatic nitrogens is 3. The van der Waals surface area contributed by atoms with Crippen molar-refractivity contribution >= 4 is 50.1 Å². The van der Waals surface area contributed by atoms with Crippen LogP contribution in [0.2, 0.25) is 5.15 Å². The van der Waals surface area contributed by atoms with Crippen LogP contribution in [0.1, 0.15) is 24.1 Å². The van der Waals surface area contributed by atoms with Gasteiger partial charge < -0.3 is 5.32 Å². The van der Waals surface area contributed by atoms with E-state index in [0.29, 0.717) is 21.7 Å². The average molecular weight is 477 g/mol. The first-order valence-electron chi connectivity index (χ1n) is 7.66. The Labute approximate surface area is 169 Å². The number of nitro groups is 1. The average Bonchev–Trinajstić information content (AvgIpc) is 2.62. The summed E-state index contributed by atoms with van der Waals surface area (Å²) in [5, 5.41) is 14.6. The quantitative estimate of drug-likeness (QED) is 0.302. The van der Waals surface area contributed by atoms with E-state index in [-0.39, 0.29) is 16.4 Å². The molecule has 0 bridgehead atoms. The normalized spacial score (nSPS) is 12.8. The van der Waals surface area contributed by atoms with E-state index in [1.54, 1.807) is 13.0 Å². The lowest BCUT2D eigenvalue weighted by Gasteiger charge is -2.17. The summed E-state index contributed by atoms with van der Waals surface area (Å²) >= 11 is 9.18. The predicted octanol–water partition coefficient (Wildman–Crippen LogP) is 5.54. The topological polar surface area (TPSA) is 93.8 Å². The summed E-state index contributed by atoms with van der Waals surface area (Å²) < 4.78 is 39.8. The van der Waals surface area contributed by atoms with Gasteiger partial charge in [0.25, 0.3) is 5.69 Å². The van der Waals surface area contributed by atoms with Crippen LogP contribution in [0.4, 0.5) is 24.7 Å². The lowest BCUT2D eigenvalue weighted by Crippen LogP contribution is -2.12. The fourth-order valence-electron chi connectivity index (χ4n) is 2.50. The summed E-state index contributed by atoms with van der Waals surface area (Å²) in [5.74, 6) is 0.294. The predicted molar refractivity (Wildman–Crippen MR) is 100 cm³/mol. The van der Waals surface area contributed by atoms with Crippen molar-refractivity contribution < 1.29 is 18.1 Å². The number of anilines is 1. The second kappa shape index (κ2) is 7.47. The first-order valence-corrected chi connectivity index (χ1v) is 8.83. The molecule has 28 heavy (non-hydrogen) atoms. The van der Waals surface area contributed by atoms with Gasteiger partial charge in [-0.1, -0.05) is 11.6 Å². The van der Waals surface area contributed by atoms with Crippen molar-refractivity contribution in [2.45, 2.75) is 19.1 Å². The smallest absolute Gasteiger partial charge is 0.363 e. The maximum Gasteiger partial charge on any atom is 0.416 e. The Balaban J connectivity index is 2.03.